The van der Waals surface area contributed by atoms with E-state index in [1.807, 2.05) is 24.3 Å². The molecule has 0 unspecified atom stereocenters. The fraction of sp³-hybridized carbons (Fsp3) is 0.125. The third-order valence-electron chi connectivity index (χ3n) is 4.90. The van der Waals surface area contributed by atoms with E-state index in [0.29, 0.717) is 16.3 Å². The third kappa shape index (κ3) is 4.06. The Labute approximate surface area is 174 Å². The van der Waals surface area contributed by atoms with Gasteiger partial charge in [-0.15, -0.1) is 0 Å². The van der Waals surface area contributed by atoms with E-state index in [1.165, 1.54) is 22.3 Å². The minimum atomic E-state index is -0.500. The first kappa shape index (κ1) is 18.9. The summed E-state index contributed by atoms with van der Waals surface area (Å²) in [6.07, 6.45) is -0.500. The quantitative estimate of drug-likeness (QED) is 0.488. The molecule has 3 aromatic rings. The van der Waals surface area contributed by atoms with Crippen molar-refractivity contribution >= 4 is 23.4 Å². The molecule has 0 bridgehead atoms. The fourth-order valence-corrected chi connectivity index (χ4v) is 3.71. The van der Waals surface area contributed by atoms with Crippen molar-refractivity contribution in [3.63, 3.8) is 0 Å². The first-order chi connectivity index (χ1) is 14.1. The van der Waals surface area contributed by atoms with Gasteiger partial charge in [0.2, 0.25) is 0 Å². The number of hydrogen-bond donors (Lipinski definition) is 2. The van der Waals surface area contributed by atoms with Gasteiger partial charge in [0, 0.05) is 22.2 Å². The molecule has 0 heterocycles. The molecule has 0 aliphatic heterocycles. The first-order valence-corrected chi connectivity index (χ1v) is 9.64. The maximum atomic E-state index is 12.1. The van der Waals surface area contributed by atoms with Gasteiger partial charge in [0.05, 0.1) is 6.54 Å². The minimum Gasteiger partial charge on any atom is -0.449 e. The second-order valence-corrected chi connectivity index (χ2v) is 7.15. The Bertz CT molecular complexity index is 1090. The summed E-state index contributed by atoms with van der Waals surface area (Å²) in [7, 11) is 0. The zero-order chi connectivity index (χ0) is 20.2. The van der Waals surface area contributed by atoms with E-state index in [0.717, 1.165) is 0 Å². The standard InChI is InChI=1S/C24H19ClN2O2/c25-17-11-12-23(26)16(14-17)6-5-13-27-24(28)29-15-22-20-9-3-1-7-18(20)19-8-2-4-10-21(19)22/h1-4,7-12,14,22H,13,15,26H2,(H,27,28). The van der Waals surface area contributed by atoms with Crippen molar-refractivity contribution in [2.45, 2.75) is 5.92 Å². The fourth-order valence-electron chi connectivity index (χ4n) is 3.54. The number of carbonyl (C=O) groups excluding carboxylic acids is 1. The number of nitrogens with two attached hydrogens (primary N) is 1. The Morgan fingerprint density at radius 1 is 1.03 bits per heavy atom. The third-order valence-corrected chi connectivity index (χ3v) is 5.14. The second-order valence-electron chi connectivity index (χ2n) is 6.71. The molecule has 3 N–H and O–H groups in total. The Balaban J connectivity index is 1.36. The minimum absolute atomic E-state index is 0.0329. The van der Waals surface area contributed by atoms with Crippen molar-refractivity contribution in [2.75, 3.05) is 18.9 Å². The van der Waals surface area contributed by atoms with Crippen LogP contribution in [-0.4, -0.2) is 19.2 Å². The molecule has 0 aromatic heterocycles. The first-order valence-electron chi connectivity index (χ1n) is 9.26. The van der Waals surface area contributed by atoms with Gasteiger partial charge in [0.25, 0.3) is 0 Å². The molecular weight excluding hydrogens is 384 g/mol. The number of carbonyl (C=O) groups is 1. The van der Waals surface area contributed by atoms with Crippen LogP contribution < -0.4 is 11.1 Å². The highest BCUT2D eigenvalue weighted by Crippen LogP contribution is 2.44. The van der Waals surface area contributed by atoms with Gasteiger partial charge in [-0.25, -0.2) is 4.79 Å². The topological polar surface area (TPSA) is 64.3 Å². The molecule has 4 rings (SSSR count). The van der Waals surface area contributed by atoms with E-state index in [-0.39, 0.29) is 19.1 Å². The maximum absolute atomic E-state index is 12.1. The summed E-state index contributed by atoms with van der Waals surface area (Å²) in [5, 5.41) is 3.21. The highest BCUT2D eigenvalue weighted by molar-refractivity contribution is 6.30. The molecule has 29 heavy (non-hydrogen) atoms. The molecule has 144 valence electrons. The summed E-state index contributed by atoms with van der Waals surface area (Å²) in [6.45, 7) is 0.428. The molecular formula is C24H19ClN2O2. The molecule has 5 heteroatoms. The van der Waals surface area contributed by atoms with Gasteiger partial charge < -0.3 is 15.8 Å². The Morgan fingerprint density at radius 3 is 2.38 bits per heavy atom. The average Bonchev–Trinajstić information content (AvgIpc) is 3.06. The molecule has 0 fully saturated rings. The number of nitrogens with one attached hydrogen (secondary N) is 1. The van der Waals surface area contributed by atoms with Gasteiger partial charge in [-0.1, -0.05) is 72.0 Å². The van der Waals surface area contributed by atoms with Crippen LogP contribution >= 0.6 is 11.6 Å². The lowest BCUT2D eigenvalue weighted by molar-refractivity contribution is 0.144. The van der Waals surface area contributed by atoms with Gasteiger partial charge in [0.15, 0.2) is 0 Å². The van der Waals surface area contributed by atoms with Crippen molar-refractivity contribution in [3.8, 4) is 23.0 Å². The average molecular weight is 403 g/mol. The number of amides is 1. The number of benzene rings is 3. The lowest BCUT2D eigenvalue weighted by atomic mass is 9.98. The maximum Gasteiger partial charge on any atom is 0.407 e. The van der Waals surface area contributed by atoms with Crippen LogP contribution in [0.3, 0.4) is 0 Å². The summed E-state index contributed by atoms with van der Waals surface area (Å²) < 4.78 is 5.47. The summed E-state index contributed by atoms with van der Waals surface area (Å²) in [4.78, 5) is 12.1. The predicted octanol–water partition coefficient (Wildman–Crippen LogP) is 4.81. The number of fused-ring (bicyclic) bond motifs is 3. The number of rotatable bonds is 3. The smallest absolute Gasteiger partial charge is 0.407 e. The molecule has 3 aromatic carbocycles. The van der Waals surface area contributed by atoms with Crippen molar-refractivity contribution < 1.29 is 9.53 Å². The SMILES string of the molecule is Nc1ccc(Cl)cc1C#CCNC(=O)OCC1c2ccccc2-c2ccccc21. The number of anilines is 1. The largest absolute Gasteiger partial charge is 0.449 e. The predicted molar refractivity (Wildman–Crippen MR) is 116 cm³/mol. The molecule has 0 saturated carbocycles. The van der Waals surface area contributed by atoms with Crippen LogP contribution in [0.15, 0.2) is 66.7 Å². The van der Waals surface area contributed by atoms with E-state index < -0.39 is 6.09 Å². The molecule has 0 radical (unpaired) electrons. The van der Waals surface area contributed by atoms with Crippen LogP contribution in [0.5, 0.6) is 0 Å². The zero-order valence-electron chi connectivity index (χ0n) is 15.6. The lowest BCUT2D eigenvalue weighted by Gasteiger charge is -2.14. The summed E-state index contributed by atoms with van der Waals surface area (Å²) in [5.74, 6) is 5.79. The molecule has 1 aliphatic rings. The van der Waals surface area contributed by atoms with E-state index in [2.05, 4.69) is 41.4 Å². The van der Waals surface area contributed by atoms with Crippen LogP contribution in [0.1, 0.15) is 22.6 Å². The molecule has 4 nitrogen and oxygen atoms in total. The normalized spacial score (nSPS) is 11.8. The lowest BCUT2D eigenvalue weighted by Crippen LogP contribution is -2.26. The Morgan fingerprint density at radius 2 is 1.69 bits per heavy atom. The highest BCUT2D eigenvalue weighted by atomic mass is 35.5. The zero-order valence-corrected chi connectivity index (χ0v) is 16.4. The van der Waals surface area contributed by atoms with Gasteiger partial charge in [-0.05, 0) is 40.5 Å². The number of ether oxygens (including phenoxy) is 1. The highest BCUT2D eigenvalue weighted by Gasteiger charge is 2.28. The van der Waals surface area contributed by atoms with E-state index >= 15 is 0 Å². The van der Waals surface area contributed by atoms with Gasteiger partial charge in [0.1, 0.15) is 6.61 Å². The van der Waals surface area contributed by atoms with Gasteiger partial charge in [-0.2, -0.15) is 0 Å². The van der Waals surface area contributed by atoms with Crippen molar-refractivity contribution in [1.29, 1.82) is 0 Å². The van der Waals surface area contributed by atoms with Crippen LogP contribution in [0, 0.1) is 11.8 Å². The van der Waals surface area contributed by atoms with Gasteiger partial charge in [-0.3, -0.25) is 0 Å². The van der Waals surface area contributed by atoms with Crippen LogP contribution in [-0.2, 0) is 4.74 Å². The van der Waals surface area contributed by atoms with E-state index in [1.54, 1.807) is 18.2 Å². The Kier molecular flexibility index (Phi) is 5.41. The number of nitrogen functional groups attached to an aromatic ring is 1. The molecule has 1 aliphatic carbocycles. The number of halogens is 1. The van der Waals surface area contributed by atoms with E-state index in [9.17, 15) is 4.79 Å². The van der Waals surface area contributed by atoms with Gasteiger partial charge >= 0.3 is 6.09 Å². The van der Waals surface area contributed by atoms with Crippen LogP contribution in [0.25, 0.3) is 11.1 Å². The van der Waals surface area contributed by atoms with Crippen molar-refractivity contribution in [3.05, 3.63) is 88.4 Å². The van der Waals surface area contributed by atoms with Crippen molar-refractivity contribution in [1.82, 2.24) is 5.32 Å². The van der Waals surface area contributed by atoms with Crippen LogP contribution in [0.2, 0.25) is 5.02 Å². The van der Waals surface area contributed by atoms with Crippen LogP contribution in [0.4, 0.5) is 10.5 Å². The summed E-state index contributed by atoms with van der Waals surface area (Å²) >= 11 is 5.94. The number of hydrogen-bond acceptors (Lipinski definition) is 3. The summed E-state index contributed by atoms with van der Waals surface area (Å²) in [6, 6.07) is 21.5. The number of alkyl carbamates (subject to hydrolysis) is 1. The monoisotopic (exact) mass is 402 g/mol. The molecule has 0 spiro atoms. The summed E-state index contributed by atoms with van der Waals surface area (Å²) in [5.41, 5.74) is 11.8. The molecule has 1 amide bonds. The second kappa shape index (κ2) is 8.30. The molecule has 0 atom stereocenters. The Hall–Kier alpha value is -3.42. The van der Waals surface area contributed by atoms with E-state index in [4.69, 9.17) is 22.1 Å². The molecule has 0 saturated heterocycles. The van der Waals surface area contributed by atoms with Crippen molar-refractivity contribution in [2.24, 2.45) is 0 Å².